The Hall–Kier alpha value is -2.63. The van der Waals surface area contributed by atoms with Crippen molar-refractivity contribution in [1.29, 1.82) is 0 Å². The Balaban J connectivity index is 2.33. The Morgan fingerprint density at radius 1 is 1.40 bits per heavy atom. The predicted octanol–water partition coefficient (Wildman–Crippen LogP) is 0.541. The minimum atomic E-state index is -0.514. The van der Waals surface area contributed by atoms with Gasteiger partial charge in [0.25, 0.3) is 5.91 Å². The average molecular weight is 274 g/mol. The van der Waals surface area contributed by atoms with E-state index in [0.29, 0.717) is 11.3 Å². The summed E-state index contributed by atoms with van der Waals surface area (Å²) < 4.78 is 5.09. The number of imide groups is 1. The van der Waals surface area contributed by atoms with E-state index >= 15 is 0 Å². The number of amides is 3. The van der Waals surface area contributed by atoms with Gasteiger partial charge in [-0.3, -0.25) is 19.3 Å². The van der Waals surface area contributed by atoms with Crippen LogP contribution in [0.3, 0.4) is 0 Å². The van der Waals surface area contributed by atoms with Gasteiger partial charge in [0.05, 0.1) is 7.11 Å². The van der Waals surface area contributed by atoms with Crippen molar-refractivity contribution in [2.24, 2.45) is 0 Å². The Bertz CT molecular complexity index is 607. The summed E-state index contributed by atoms with van der Waals surface area (Å²) in [6.45, 7) is 1.00. The fraction of sp³-hybridized carbons (Fsp3) is 0.214. The van der Waals surface area contributed by atoms with E-state index in [0.717, 1.165) is 4.90 Å². The van der Waals surface area contributed by atoms with Crippen molar-refractivity contribution in [1.82, 2.24) is 10.2 Å². The summed E-state index contributed by atoms with van der Waals surface area (Å²) in [7, 11) is 1.54. The highest BCUT2D eigenvalue weighted by Crippen LogP contribution is 2.16. The number of hydrogen-bond acceptors (Lipinski definition) is 4. The van der Waals surface area contributed by atoms with Crippen LogP contribution in [0.25, 0.3) is 6.08 Å². The minimum absolute atomic E-state index is 0.0738. The Morgan fingerprint density at radius 2 is 2.15 bits per heavy atom. The van der Waals surface area contributed by atoms with E-state index in [9.17, 15) is 14.4 Å². The number of nitrogens with one attached hydrogen (secondary N) is 1. The first kappa shape index (κ1) is 13.8. The van der Waals surface area contributed by atoms with Gasteiger partial charge in [0.2, 0.25) is 11.8 Å². The van der Waals surface area contributed by atoms with Crippen molar-refractivity contribution in [3.63, 3.8) is 0 Å². The van der Waals surface area contributed by atoms with Crippen molar-refractivity contribution in [2.45, 2.75) is 6.92 Å². The summed E-state index contributed by atoms with van der Waals surface area (Å²) in [6, 6.07) is 7.02. The number of hydrogen-bond donors (Lipinski definition) is 1. The third kappa shape index (κ3) is 2.85. The number of nitrogens with zero attached hydrogens (tertiary/aromatic N) is 1. The first-order valence-electron chi connectivity index (χ1n) is 5.99. The van der Waals surface area contributed by atoms with Crippen LogP contribution in [0, 0.1) is 0 Å². The fourth-order valence-electron chi connectivity index (χ4n) is 1.85. The van der Waals surface area contributed by atoms with Gasteiger partial charge in [-0.05, 0) is 23.8 Å². The number of benzene rings is 1. The number of methoxy groups -OCH3 is 1. The summed E-state index contributed by atoms with van der Waals surface area (Å²) in [5, 5.41) is 2.47. The van der Waals surface area contributed by atoms with Gasteiger partial charge >= 0.3 is 0 Å². The second-order valence-corrected chi connectivity index (χ2v) is 4.29. The molecule has 1 aromatic rings. The maximum Gasteiger partial charge on any atom is 0.277 e. The monoisotopic (exact) mass is 274 g/mol. The summed E-state index contributed by atoms with van der Waals surface area (Å²) in [5.74, 6) is -0.729. The second kappa shape index (κ2) is 5.56. The van der Waals surface area contributed by atoms with Crippen molar-refractivity contribution in [3.05, 3.63) is 35.5 Å². The summed E-state index contributed by atoms with van der Waals surface area (Å²) >= 11 is 0. The molecular formula is C14H14N2O4. The molecule has 0 unspecified atom stereocenters. The van der Waals surface area contributed by atoms with E-state index < -0.39 is 17.7 Å². The Morgan fingerprint density at radius 3 is 2.80 bits per heavy atom. The van der Waals surface area contributed by atoms with Gasteiger partial charge in [-0.2, -0.15) is 0 Å². The zero-order valence-electron chi connectivity index (χ0n) is 11.2. The quantitative estimate of drug-likeness (QED) is 0.799. The van der Waals surface area contributed by atoms with E-state index in [-0.39, 0.29) is 12.2 Å². The number of carbonyl (C=O) groups excluding carboxylic acids is 3. The van der Waals surface area contributed by atoms with Crippen LogP contribution in [0.2, 0.25) is 0 Å². The van der Waals surface area contributed by atoms with Crippen LogP contribution in [-0.4, -0.2) is 36.3 Å². The van der Waals surface area contributed by atoms with E-state index in [1.165, 1.54) is 20.1 Å². The summed E-state index contributed by atoms with van der Waals surface area (Å²) in [6.07, 6.45) is 1.51. The van der Waals surface area contributed by atoms with Gasteiger partial charge < -0.3 is 10.1 Å². The van der Waals surface area contributed by atoms with E-state index in [2.05, 4.69) is 5.32 Å². The van der Waals surface area contributed by atoms with Crippen LogP contribution in [0.4, 0.5) is 0 Å². The minimum Gasteiger partial charge on any atom is -0.497 e. The molecule has 1 heterocycles. The van der Waals surface area contributed by atoms with Crippen LogP contribution < -0.4 is 10.1 Å². The predicted molar refractivity (Wildman–Crippen MR) is 71.5 cm³/mol. The molecule has 1 aromatic carbocycles. The van der Waals surface area contributed by atoms with Crippen LogP contribution in [0.15, 0.2) is 30.0 Å². The maximum absolute atomic E-state index is 12.1. The van der Waals surface area contributed by atoms with Gasteiger partial charge in [0, 0.05) is 6.92 Å². The van der Waals surface area contributed by atoms with E-state index in [1.807, 2.05) is 0 Å². The fourth-order valence-corrected chi connectivity index (χ4v) is 1.85. The lowest BCUT2D eigenvalue weighted by atomic mass is 10.1. The number of rotatable bonds is 2. The molecule has 6 nitrogen and oxygen atoms in total. The lowest BCUT2D eigenvalue weighted by molar-refractivity contribution is -0.147. The largest absolute Gasteiger partial charge is 0.497 e. The molecule has 0 radical (unpaired) electrons. The standard InChI is InChI=1S/C14H14N2O4/c1-9(17)16-8-13(18)15-12(14(16)19)7-10-4-3-5-11(6-10)20-2/h3-7H,8H2,1-2H3,(H,15,18)/b12-7+. The molecule has 0 atom stereocenters. The zero-order valence-corrected chi connectivity index (χ0v) is 11.2. The van der Waals surface area contributed by atoms with Crippen LogP contribution in [0.5, 0.6) is 5.75 Å². The third-order valence-corrected chi connectivity index (χ3v) is 2.84. The van der Waals surface area contributed by atoms with Crippen molar-refractivity contribution in [2.75, 3.05) is 13.7 Å². The molecule has 1 saturated heterocycles. The Kier molecular flexibility index (Phi) is 3.84. The van der Waals surface area contributed by atoms with E-state index in [1.54, 1.807) is 24.3 Å². The summed E-state index contributed by atoms with van der Waals surface area (Å²) in [4.78, 5) is 35.8. The molecule has 0 aromatic heterocycles. The molecule has 2 rings (SSSR count). The van der Waals surface area contributed by atoms with Crippen LogP contribution in [-0.2, 0) is 14.4 Å². The van der Waals surface area contributed by atoms with Gasteiger partial charge in [-0.15, -0.1) is 0 Å². The lowest BCUT2D eigenvalue weighted by Gasteiger charge is -2.25. The van der Waals surface area contributed by atoms with Crippen molar-refractivity contribution in [3.8, 4) is 5.75 Å². The lowest BCUT2D eigenvalue weighted by Crippen LogP contribution is -2.51. The molecule has 3 amide bonds. The molecule has 0 saturated carbocycles. The topological polar surface area (TPSA) is 75.7 Å². The first-order valence-corrected chi connectivity index (χ1v) is 5.99. The molecule has 20 heavy (non-hydrogen) atoms. The molecule has 0 spiro atoms. The normalized spacial score (nSPS) is 17.1. The molecule has 1 aliphatic rings. The molecule has 104 valence electrons. The Labute approximate surface area is 116 Å². The highest BCUT2D eigenvalue weighted by molar-refractivity contribution is 6.12. The van der Waals surface area contributed by atoms with Gasteiger partial charge in [-0.1, -0.05) is 12.1 Å². The molecule has 1 aliphatic heterocycles. The van der Waals surface area contributed by atoms with Crippen molar-refractivity contribution < 1.29 is 19.1 Å². The summed E-state index contributed by atoms with van der Waals surface area (Å²) in [5.41, 5.74) is 0.767. The molecule has 6 heteroatoms. The molecule has 0 aliphatic carbocycles. The SMILES string of the molecule is COc1cccc(/C=C2/NC(=O)CN(C(C)=O)C2=O)c1. The number of piperazine rings is 1. The molecule has 1 fully saturated rings. The average Bonchev–Trinajstić information content (AvgIpc) is 2.42. The molecule has 1 N–H and O–H groups in total. The van der Waals surface area contributed by atoms with Gasteiger partial charge in [0.1, 0.15) is 18.0 Å². The first-order chi connectivity index (χ1) is 9.51. The van der Waals surface area contributed by atoms with E-state index in [4.69, 9.17) is 4.74 Å². The van der Waals surface area contributed by atoms with Gasteiger partial charge in [-0.25, -0.2) is 0 Å². The zero-order chi connectivity index (χ0) is 14.7. The molecular weight excluding hydrogens is 260 g/mol. The number of carbonyl (C=O) groups is 3. The van der Waals surface area contributed by atoms with Crippen molar-refractivity contribution >= 4 is 23.8 Å². The number of ether oxygens (including phenoxy) is 1. The second-order valence-electron chi connectivity index (χ2n) is 4.29. The highest BCUT2D eigenvalue weighted by atomic mass is 16.5. The molecule has 0 bridgehead atoms. The highest BCUT2D eigenvalue weighted by Gasteiger charge is 2.30. The smallest absolute Gasteiger partial charge is 0.277 e. The van der Waals surface area contributed by atoms with Crippen LogP contribution in [0.1, 0.15) is 12.5 Å². The third-order valence-electron chi connectivity index (χ3n) is 2.84. The van der Waals surface area contributed by atoms with Crippen LogP contribution >= 0.6 is 0 Å². The van der Waals surface area contributed by atoms with Gasteiger partial charge in [0.15, 0.2) is 0 Å². The maximum atomic E-state index is 12.1.